The van der Waals surface area contributed by atoms with E-state index in [1.807, 2.05) is 0 Å². The van der Waals surface area contributed by atoms with Crippen LogP contribution in [-0.4, -0.2) is 64.7 Å². The second kappa shape index (κ2) is 7.19. The number of likely N-dealkylation sites (N-methyl/N-ethyl adjacent to an activating group) is 1. The van der Waals surface area contributed by atoms with Gasteiger partial charge in [0.1, 0.15) is 11.6 Å². The second-order valence-electron chi connectivity index (χ2n) is 7.39. The summed E-state index contributed by atoms with van der Waals surface area (Å²) in [7, 11) is 1.51. The van der Waals surface area contributed by atoms with Crippen LogP contribution in [0.3, 0.4) is 0 Å². The zero-order chi connectivity index (χ0) is 17.9. The van der Waals surface area contributed by atoms with Crippen molar-refractivity contribution in [3.05, 3.63) is 0 Å². The Morgan fingerprint density at radius 3 is 2.26 bits per heavy atom. The van der Waals surface area contributed by atoms with Crippen molar-refractivity contribution in [2.24, 2.45) is 11.8 Å². The second-order valence-corrected chi connectivity index (χ2v) is 7.39. The number of carbonyl (C=O) groups excluding carboxylic acids is 2. The van der Waals surface area contributed by atoms with Gasteiger partial charge in [-0.1, -0.05) is 13.8 Å². The van der Waals surface area contributed by atoms with E-state index >= 15 is 0 Å². The molecule has 2 atom stereocenters. The number of hydrogen-bond acceptors (Lipinski definition) is 4. The SMILES string of the molecule is CC(C)[C@@H](C(=O)O)N(C)C(=O)[C@H]1CCN(C(=O)OC(C)(C)C)C1. The van der Waals surface area contributed by atoms with Gasteiger partial charge >= 0.3 is 12.1 Å². The van der Waals surface area contributed by atoms with E-state index in [1.165, 1.54) is 16.8 Å². The lowest BCUT2D eigenvalue weighted by Gasteiger charge is -2.30. The number of rotatable bonds is 4. The summed E-state index contributed by atoms with van der Waals surface area (Å²) >= 11 is 0. The maximum Gasteiger partial charge on any atom is 0.410 e. The highest BCUT2D eigenvalue weighted by Crippen LogP contribution is 2.23. The van der Waals surface area contributed by atoms with Crippen LogP contribution in [0.4, 0.5) is 4.79 Å². The molecule has 132 valence electrons. The molecule has 0 spiro atoms. The topological polar surface area (TPSA) is 87.2 Å². The Labute approximate surface area is 137 Å². The maximum absolute atomic E-state index is 12.5. The molecule has 2 amide bonds. The quantitative estimate of drug-likeness (QED) is 0.850. The van der Waals surface area contributed by atoms with Crippen LogP contribution < -0.4 is 0 Å². The van der Waals surface area contributed by atoms with Gasteiger partial charge in [-0.15, -0.1) is 0 Å². The molecule has 0 bridgehead atoms. The molecule has 0 unspecified atom stereocenters. The van der Waals surface area contributed by atoms with Crippen LogP contribution in [0, 0.1) is 11.8 Å². The smallest absolute Gasteiger partial charge is 0.410 e. The number of hydrogen-bond donors (Lipinski definition) is 1. The lowest BCUT2D eigenvalue weighted by Crippen LogP contribution is -2.48. The number of carbonyl (C=O) groups is 3. The highest BCUT2D eigenvalue weighted by atomic mass is 16.6. The van der Waals surface area contributed by atoms with E-state index in [4.69, 9.17) is 4.74 Å². The third kappa shape index (κ3) is 5.11. The van der Waals surface area contributed by atoms with Crippen LogP contribution in [0.5, 0.6) is 0 Å². The minimum absolute atomic E-state index is 0.190. The molecule has 1 aliphatic heterocycles. The molecule has 0 aromatic heterocycles. The molecule has 0 aromatic carbocycles. The molecular weight excluding hydrogens is 300 g/mol. The van der Waals surface area contributed by atoms with Crippen molar-refractivity contribution < 1.29 is 24.2 Å². The number of nitrogens with zero attached hydrogens (tertiary/aromatic N) is 2. The number of carboxylic acid groups (broad SMARTS) is 1. The van der Waals surface area contributed by atoms with E-state index in [0.29, 0.717) is 13.0 Å². The van der Waals surface area contributed by atoms with Gasteiger partial charge < -0.3 is 19.6 Å². The van der Waals surface area contributed by atoms with Gasteiger partial charge in [-0.25, -0.2) is 9.59 Å². The Bertz CT molecular complexity index is 470. The Kier molecular flexibility index (Phi) is 6.02. The van der Waals surface area contributed by atoms with Gasteiger partial charge in [0.25, 0.3) is 0 Å². The molecule has 0 saturated carbocycles. The molecule has 1 fully saturated rings. The Morgan fingerprint density at radius 2 is 1.83 bits per heavy atom. The predicted octanol–water partition coefficient (Wildman–Crippen LogP) is 1.81. The summed E-state index contributed by atoms with van der Waals surface area (Å²) in [4.78, 5) is 38.7. The van der Waals surface area contributed by atoms with Crippen LogP contribution >= 0.6 is 0 Å². The van der Waals surface area contributed by atoms with Crippen molar-refractivity contribution in [1.29, 1.82) is 0 Å². The van der Waals surface area contributed by atoms with E-state index in [1.54, 1.807) is 34.6 Å². The summed E-state index contributed by atoms with van der Waals surface area (Å²) in [6, 6.07) is -0.863. The van der Waals surface area contributed by atoms with Crippen molar-refractivity contribution >= 4 is 18.0 Å². The number of likely N-dealkylation sites (tertiary alicyclic amines) is 1. The highest BCUT2D eigenvalue weighted by Gasteiger charge is 2.38. The largest absolute Gasteiger partial charge is 0.480 e. The number of ether oxygens (including phenoxy) is 1. The monoisotopic (exact) mass is 328 g/mol. The van der Waals surface area contributed by atoms with Crippen molar-refractivity contribution in [2.45, 2.75) is 52.7 Å². The zero-order valence-electron chi connectivity index (χ0n) is 14.8. The summed E-state index contributed by atoms with van der Waals surface area (Å²) in [6.07, 6.45) is 0.0847. The van der Waals surface area contributed by atoms with Gasteiger partial charge in [0.15, 0.2) is 0 Å². The molecular formula is C16H28N2O5. The fraction of sp³-hybridized carbons (Fsp3) is 0.812. The predicted molar refractivity (Wildman–Crippen MR) is 84.9 cm³/mol. The van der Waals surface area contributed by atoms with Gasteiger partial charge in [0, 0.05) is 20.1 Å². The summed E-state index contributed by atoms with van der Waals surface area (Å²) in [5, 5.41) is 9.30. The minimum atomic E-state index is -1.02. The standard InChI is InChI=1S/C16H28N2O5/c1-10(2)12(14(20)21)17(6)13(19)11-7-8-18(9-11)15(22)23-16(3,4)5/h10-12H,7-9H2,1-6H3,(H,20,21)/t11-,12-/m0/s1. The molecule has 1 rings (SSSR count). The first-order valence-corrected chi connectivity index (χ1v) is 7.91. The number of aliphatic carboxylic acids is 1. The van der Waals surface area contributed by atoms with Gasteiger partial charge in [-0.3, -0.25) is 4.79 Å². The summed E-state index contributed by atoms with van der Waals surface area (Å²) < 4.78 is 5.30. The number of carboxylic acids is 1. The van der Waals surface area contributed by atoms with Gasteiger partial charge in [-0.2, -0.15) is 0 Å². The number of amides is 2. The molecule has 1 N–H and O–H groups in total. The average Bonchev–Trinajstić information content (AvgIpc) is 2.84. The Balaban J connectivity index is 2.69. The minimum Gasteiger partial charge on any atom is -0.480 e. The fourth-order valence-electron chi connectivity index (χ4n) is 2.78. The highest BCUT2D eigenvalue weighted by molar-refractivity contribution is 5.86. The Hall–Kier alpha value is -1.79. The van der Waals surface area contributed by atoms with E-state index in [-0.39, 0.29) is 24.3 Å². The Morgan fingerprint density at radius 1 is 1.26 bits per heavy atom. The van der Waals surface area contributed by atoms with Gasteiger partial charge in [-0.05, 0) is 33.1 Å². The lowest BCUT2D eigenvalue weighted by molar-refractivity contribution is -0.152. The average molecular weight is 328 g/mol. The van der Waals surface area contributed by atoms with Crippen molar-refractivity contribution in [1.82, 2.24) is 9.80 Å². The fourth-order valence-corrected chi connectivity index (χ4v) is 2.78. The zero-order valence-corrected chi connectivity index (χ0v) is 14.8. The molecule has 7 heteroatoms. The molecule has 23 heavy (non-hydrogen) atoms. The summed E-state index contributed by atoms with van der Waals surface area (Å²) in [6.45, 7) is 9.61. The van der Waals surface area contributed by atoms with Crippen LogP contribution in [0.2, 0.25) is 0 Å². The van der Waals surface area contributed by atoms with Crippen LogP contribution in [0.15, 0.2) is 0 Å². The molecule has 1 heterocycles. The first-order chi connectivity index (χ1) is 10.4. The molecule has 1 aliphatic rings. The third-order valence-corrected chi connectivity index (χ3v) is 3.84. The van der Waals surface area contributed by atoms with Gasteiger partial charge in [0.05, 0.1) is 5.92 Å². The first kappa shape index (κ1) is 19.3. The molecule has 0 aromatic rings. The van der Waals surface area contributed by atoms with Crippen molar-refractivity contribution in [3.8, 4) is 0 Å². The summed E-state index contributed by atoms with van der Waals surface area (Å²) in [5.74, 6) is -1.83. The lowest BCUT2D eigenvalue weighted by atomic mass is 10.0. The van der Waals surface area contributed by atoms with Crippen LogP contribution in [0.1, 0.15) is 41.0 Å². The van der Waals surface area contributed by atoms with Gasteiger partial charge in [0.2, 0.25) is 5.91 Å². The first-order valence-electron chi connectivity index (χ1n) is 7.91. The van der Waals surface area contributed by atoms with Crippen LogP contribution in [0.25, 0.3) is 0 Å². The normalized spacial score (nSPS) is 19.6. The van der Waals surface area contributed by atoms with E-state index < -0.39 is 23.7 Å². The maximum atomic E-state index is 12.5. The van der Waals surface area contributed by atoms with Crippen molar-refractivity contribution in [3.63, 3.8) is 0 Å². The van der Waals surface area contributed by atoms with E-state index in [0.717, 1.165) is 0 Å². The van der Waals surface area contributed by atoms with E-state index in [2.05, 4.69) is 0 Å². The van der Waals surface area contributed by atoms with E-state index in [9.17, 15) is 19.5 Å². The molecule has 0 radical (unpaired) electrons. The third-order valence-electron chi connectivity index (χ3n) is 3.84. The van der Waals surface area contributed by atoms with Crippen LogP contribution in [-0.2, 0) is 14.3 Å². The van der Waals surface area contributed by atoms with Crippen molar-refractivity contribution in [2.75, 3.05) is 20.1 Å². The molecule has 1 saturated heterocycles. The molecule has 0 aliphatic carbocycles. The molecule has 7 nitrogen and oxygen atoms in total. The summed E-state index contributed by atoms with van der Waals surface area (Å²) in [5.41, 5.74) is -0.581.